The number of hydrogen-bond acceptors (Lipinski definition) is 7. The van der Waals surface area contributed by atoms with Crippen molar-refractivity contribution in [3.63, 3.8) is 0 Å². The molecule has 1 atom stereocenters. The minimum absolute atomic E-state index is 0.115. The van der Waals surface area contributed by atoms with Gasteiger partial charge in [0.05, 0.1) is 19.2 Å². The molecule has 10 heteroatoms. The summed E-state index contributed by atoms with van der Waals surface area (Å²) < 4.78 is 25.9. The van der Waals surface area contributed by atoms with E-state index in [0.717, 1.165) is 55.9 Å². The molecule has 1 fully saturated rings. The Labute approximate surface area is 208 Å². The zero-order chi connectivity index (χ0) is 25.9. The Bertz CT molecular complexity index is 1080. The first-order chi connectivity index (χ1) is 17.3. The maximum Gasteiger partial charge on any atom is 0.328 e. The van der Waals surface area contributed by atoms with E-state index in [-0.39, 0.29) is 11.9 Å². The van der Waals surface area contributed by atoms with Crippen LogP contribution in [0.2, 0.25) is 0 Å². The highest BCUT2D eigenvalue weighted by molar-refractivity contribution is 5.99. The number of aliphatic imine (C=N–C) groups is 1. The van der Waals surface area contributed by atoms with Gasteiger partial charge in [0.25, 0.3) is 0 Å². The summed E-state index contributed by atoms with van der Waals surface area (Å²) in [4.78, 5) is 23.5. The largest absolute Gasteiger partial charge is 0.491 e. The van der Waals surface area contributed by atoms with Crippen molar-refractivity contribution < 1.29 is 33.7 Å². The molecule has 0 amide bonds. The first-order valence-electron chi connectivity index (χ1n) is 11.6. The quantitative estimate of drug-likeness (QED) is 0.373. The number of aliphatic carboxylic acids is 2. The summed E-state index contributed by atoms with van der Waals surface area (Å²) in [5, 5.41) is 17.3. The summed E-state index contributed by atoms with van der Waals surface area (Å²) in [7, 11) is 0. The molecular weight excluding hydrogens is 469 g/mol. The van der Waals surface area contributed by atoms with Crippen molar-refractivity contribution >= 4 is 17.8 Å². The number of amidine groups is 1. The molecule has 2 aliphatic rings. The number of ether oxygens (including phenoxy) is 2. The minimum atomic E-state index is -1.26. The number of carboxylic acids is 2. The highest BCUT2D eigenvalue weighted by atomic mass is 19.1. The van der Waals surface area contributed by atoms with E-state index < -0.39 is 11.9 Å². The first kappa shape index (κ1) is 26.8. The van der Waals surface area contributed by atoms with Crippen LogP contribution in [0, 0.1) is 5.82 Å². The van der Waals surface area contributed by atoms with E-state index >= 15 is 0 Å². The molecule has 1 saturated heterocycles. The van der Waals surface area contributed by atoms with Crippen LogP contribution in [0.25, 0.3) is 0 Å². The number of nitrogens with two attached hydrogens (primary N) is 1. The molecule has 2 aromatic rings. The molecule has 0 bridgehead atoms. The monoisotopic (exact) mass is 499 g/mol. The van der Waals surface area contributed by atoms with Crippen molar-refractivity contribution in [1.29, 1.82) is 0 Å². The predicted molar refractivity (Wildman–Crippen MR) is 131 cm³/mol. The summed E-state index contributed by atoms with van der Waals surface area (Å²) >= 11 is 0. The lowest BCUT2D eigenvalue weighted by molar-refractivity contribution is -0.134. The Morgan fingerprint density at radius 2 is 1.86 bits per heavy atom. The maximum atomic E-state index is 14.5. The first-order valence-corrected chi connectivity index (χ1v) is 11.6. The topological polar surface area (TPSA) is 135 Å². The van der Waals surface area contributed by atoms with Gasteiger partial charge in [-0.3, -0.25) is 10.0 Å². The van der Waals surface area contributed by atoms with Gasteiger partial charge < -0.3 is 19.7 Å². The summed E-state index contributed by atoms with van der Waals surface area (Å²) in [5.41, 5.74) is 2.67. The standard InChI is InChI=1S/C22H26FN3O2.C4H4O4/c23-21-14-19(28-15-20-3-1-2-12-27-20)9-8-18(21)13-16-4-6-17(7-5-16)22-25-10-11-26(22)24;5-3(6)1-2-4(7)8/h4-9,14,20H,1-3,10-13,15,24H2;1-2H,(H,5,6)(H,7,8)/b;2-1-. The molecule has 1 unspecified atom stereocenters. The van der Waals surface area contributed by atoms with Crippen LogP contribution >= 0.6 is 0 Å². The van der Waals surface area contributed by atoms with Gasteiger partial charge in [-0.2, -0.15) is 0 Å². The van der Waals surface area contributed by atoms with Crippen molar-refractivity contribution in [2.24, 2.45) is 10.8 Å². The van der Waals surface area contributed by atoms with Gasteiger partial charge in [-0.25, -0.2) is 19.8 Å². The fourth-order valence-electron chi connectivity index (χ4n) is 3.74. The lowest BCUT2D eigenvalue weighted by Gasteiger charge is -2.22. The molecule has 36 heavy (non-hydrogen) atoms. The van der Waals surface area contributed by atoms with Crippen LogP contribution in [0.3, 0.4) is 0 Å². The molecule has 192 valence electrons. The number of halogens is 1. The Kier molecular flexibility index (Phi) is 9.96. The fourth-order valence-corrected chi connectivity index (χ4v) is 3.74. The Morgan fingerprint density at radius 3 is 2.42 bits per heavy atom. The van der Waals surface area contributed by atoms with Crippen LogP contribution in [-0.4, -0.2) is 65.4 Å². The maximum absolute atomic E-state index is 14.5. The third-order valence-electron chi connectivity index (χ3n) is 5.58. The number of hydrogen-bond donors (Lipinski definition) is 3. The Balaban J connectivity index is 0.000000392. The number of hydrazine groups is 1. The van der Waals surface area contributed by atoms with Gasteiger partial charge in [-0.05, 0) is 36.5 Å². The molecule has 4 rings (SSSR count). The normalized spacial score (nSPS) is 17.3. The summed E-state index contributed by atoms with van der Waals surface area (Å²) in [5.74, 6) is 4.50. The highest BCUT2D eigenvalue weighted by Crippen LogP contribution is 2.21. The molecule has 2 aliphatic heterocycles. The lowest BCUT2D eigenvalue weighted by Crippen LogP contribution is -2.34. The number of nitrogens with zero attached hydrogens (tertiary/aromatic N) is 2. The smallest absolute Gasteiger partial charge is 0.328 e. The molecule has 2 heterocycles. The third-order valence-corrected chi connectivity index (χ3v) is 5.58. The van der Waals surface area contributed by atoms with Crippen molar-refractivity contribution in [1.82, 2.24) is 5.01 Å². The van der Waals surface area contributed by atoms with Crippen LogP contribution in [-0.2, 0) is 20.7 Å². The van der Waals surface area contributed by atoms with Crippen LogP contribution in [0.5, 0.6) is 5.75 Å². The van der Waals surface area contributed by atoms with Crippen molar-refractivity contribution in [3.05, 3.63) is 77.1 Å². The molecule has 2 aromatic carbocycles. The zero-order valence-corrected chi connectivity index (χ0v) is 19.8. The second kappa shape index (κ2) is 13.4. The molecule has 4 N–H and O–H groups in total. The van der Waals surface area contributed by atoms with E-state index in [4.69, 9.17) is 25.5 Å². The molecule has 0 aliphatic carbocycles. The minimum Gasteiger partial charge on any atom is -0.491 e. The van der Waals surface area contributed by atoms with Crippen LogP contribution in [0.15, 0.2) is 59.6 Å². The Hall–Kier alpha value is -3.76. The average Bonchev–Trinajstić information content (AvgIpc) is 3.30. The average molecular weight is 500 g/mol. The van der Waals surface area contributed by atoms with E-state index in [9.17, 15) is 14.0 Å². The van der Waals surface area contributed by atoms with Crippen molar-refractivity contribution in [2.75, 3.05) is 26.3 Å². The number of rotatable bonds is 8. The van der Waals surface area contributed by atoms with E-state index in [0.29, 0.717) is 36.5 Å². The van der Waals surface area contributed by atoms with Gasteiger partial charge in [0.15, 0.2) is 0 Å². The summed E-state index contributed by atoms with van der Waals surface area (Å²) in [6.07, 6.45) is 5.03. The molecule has 0 spiro atoms. The summed E-state index contributed by atoms with van der Waals surface area (Å²) in [6, 6.07) is 13.0. The van der Waals surface area contributed by atoms with Gasteiger partial charge in [-0.1, -0.05) is 30.3 Å². The lowest BCUT2D eigenvalue weighted by atomic mass is 10.0. The Morgan fingerprint density at radius 1 is 1.14 bits per heavy atom. The molecule has 0 saturated carbocycles. The molecule has 9 nitrogen and oxygen atoms in total. The van der Waals surface area contributed by atoms with E-state index in [1.54, 1.807) is 11.1 Å². The number of carbonyl (C=O) groups is 2. The predicted octanol–water partition coefficient (Wildman–Crippen LogP) is 3.01. The number of benzene rings is 2. The SMILES string of the molecule is NN1CCN=C1c1ccc(Cc2ccc(OCC3CCCCO3)cc2F)cc1.O=C(O)/C=C\C(=O)O. The van der Waals surface area contributed by atoms with Gasteiger partial charge in [-0.15, -0.1) is 0 Å². The van der Waals surface area contributed by atoms with E-state index in [1.807, 2.05) is 30.3 Å². The molecule has 0 radical (unpaired) electrons. The second-order valence-electron chi connectivity index (χ2n) is 8.34. The zero-order valence-electron chi connectivity index (χ0n) is 19.8. The van der Waals surface area contributed by atoms with Crippen LogP contribution in [0.1, 0.15) is 36.0 Å². The fraction of sp³-hybridized carbons (Fsp3) is 0.346. The van der Waals surface area contributed by atoms with E-state index in [1.165, 1.54) is 6.07 Å². The van der Waals surface area contributed by atoms with Crippen LogP contribution < -0.4 is 10.6 Å². The van der Waals surface area contributed by atoms with Crippen molar-refractivity contribution in [3.8, 4) is 5.75 Å². The highest BCUT2D eigenvalue weighted by Gasteiger charge is 2.16. The summed E-state index contributed by atoms with van der Waals surface area (Å²) in [6.45, 7) is 2.72. The van der Waals surface area contributed by atoms with Gasteiger partial charge in [0.1, 0.15) is 24.0 Å². The van der Waals surface area contributed by atoms with Gasteiger partial charge in [0, 0.05) is 36.8 Å². The van der Waals surface area contributed by atoms with Gasteiger partial charge >= 0.3 is 11.9 Å². The molecular formula is C26H30FN3O6. The van der Waals surface area contributed by atoms with E-state index in [2.05, 4.69) is 4.99 Å². The molecule has 0 aromatic heterocycles. The third kappa shape index (κ3) is 8.47. The van der Waals surface area contributed by atoms with Gasteiger partial charge in [0.2, 0.25) is 0 Å². The van der Waals surface area contributed by atoms with Crippen molar-refractivity contribution in [2.45, 2.75) is 31.8 Å². The second-order valence-corrected chi connectivity index (χ2v) is 8.34. The van der Waals surface area contributed by atoms with Crippen LogP contribution in [0.4, 0.5) is 4.39 Å². The number of carboxylic acid groups (broad SMARTS) is 2.